The molecule has 0 aliphatic carbocycles. The maximum atomic E-state index is 5.41. The summed E-state index contributed by atoms with van der Waals surface area (Å²) in [7, 11) is 5.34. The fourth-order valence-corrected chi connectivity index (χ4v) is 14.7. The zero-order chi connectivity index (χ0) is 85.3. The largest absolute Gasteiger partial charge is 0.497 e. The highest BCUT2D eigenvalue weighted by atomic mass is 16.5. The number of nitrogens with one attached hydrogen (secondary N) is 12. The van der Waals surface area contributed by atoms with Crippen LogP contribution in [0.2, 0.25) is 0 Å². The molecule has 5 aromatic carbocycles. The number of hydrogen-bond acceptors (Lipinski definition) is 25. The van der Waals surface area contributed by atoms with Crippen molar-refractivity contribution < 1.29 is 9.47 Å². The Morgan fingerprint density at radius 2 is 0.935 bits per heavy atom. The molecule has 33 nitrogen and oxygen atoms in total. The standard InChI is InChI=1S/C19H23N5.C16H18N4O2.C15H13N7.C15H16N4.C14H12N6.C12H11N5/c1-14-18-17(23-22-14)7-10-20-19(18)21-16-8-11-24(12-9-16)13-15-5-3-2-4-6-15;1-10-15-13(20-19-10)6-7-17-16(15)18-9-11-4-5-12(21-2)8-14(11)22-3;1-10-14-13(21-20-10)6-7-17-15(14)19-11-2-4-12(5-3-11)22-9-16-8-18-22;1-11-14-13(18-17-11)8-9-16-15(14)19(2)10-12-6-4-3-5-7-12;1-8-13-11(20-18-8)4-5-15-14(13)17-10-3-2-9-7-16-19-12(9)6-10;1-8-11-9(17-16-8)5-7-14-12(11)15-10-4-2-3-6-13-10/h2-7,10,16H,8-9,11-13H2,1H3,(H,20,21)(H,22,23);4-8H,9H2,1-3H3,(H,17,18)(H,19,20);2-9H,1H3,(H,17,19)(H,20,21);3-9H,10H2,1-2H3,(H,17,18);2-7H,1H3,(H,15,17)(H,16,19)(H,18,20);2-7H,1H3,(H,16,17)(H,13,14,15). The number of H-pyrrole nitrogens is 7. The molecule has 0 atom stereocenters. The van der Waals surface area contributed by atoms with Crippen molar-refractivity contribution in [3.8, 4) is 17.2 Å². The highest BCUT2D eigenvalue weighted by Crippen LogP contribution is 2.33. The van der Waals surface area contributed by atoms with Gasteiger partial charge in [0.1, 0.15) is 64.9 Å². The number of anilines is 9. The lowest BCUT2D eigenvalue weighted by molar-refractivity contribution is 0.211. The summed E-state index contributed by atoms with van der Waals surface area (Å²) >= 11 is 0. The molecule has 16 heterocycles. The van der Waals surface area contributed by atoms with E-state index in [1.165, 1.54) is 17.5 Å². The Morgan fingerprint density at radius 3 is 1.48 bits per heavy atom. The second-order valence-corrected chi connectivity index (χ2v) is 29.6. The summed E-state index contributed by atoms with van der Waals surface area (Å²) in [4.78, 5) is 39.4. The number of benzene rings is 5. The van der Waals surface area contributed by atoms with Gasteiger partial charge in [0, 0.05) is 152 Å². The zero-order valence-electron chi connectivity index (χ0n) is 69.9. The summed E-state index contributed by atoms with van der Waals surface area (Å²) in [6.45, 7) is 16.7. The molecule has 0 saturated carbocycles. The van der Waals surface area contributed by atoms with E-state index in [4.69, 9.17) is 9.47 Å². The quantitative estimate of drug-likeness (QED) is 0.0358. The minimum Gasteiger partial charge on any atom is -0.497 e. The van der Waals surface area contributed by atoms with Crippen molar-refractivity contribution in [3.05, 3.63) is 289 Å². The van der Waals surface area contributed by atoms with Gasteiger partial charge < -0.3 is 41.0 Å². The number of methoxy groups -OCH3 is 2. The van der Waals surface area contributed by atoms with Crippen LogP contribution < -0.4 is 41.0 Å². The van der Waals surface area contributed by atoms with Crippen LogP contribution in [0.3, 0.4) is 0 Å². The highest BCUT2D eigenvalue weighted by molar-refractivity contribution is 5.97. The molecule has 15 aromatic heterocycles. The second kappa shape index (κ2) is 38.3. The number of pyridine rings is 7. The Labute approximate surface area is 712 Å². The van der Waals surface area contributed by atoms with Gasteiger partial charge in [0.25, 0.3) is 0 Å². The van der Waals surface area contributed by atoms with E-state index in [1.54, 1.807) is 68.6 Å². The minimum atomic E-state index is 0.476. The molecule has 624 valence electrons. The number of aromatic nitrogens is 24. The summed E-state index contributed by atoms with van der Waals surface area (Å²) in [6.07, 6.45) is 19.6. The van der Waals surface area contributed by atoms with Crippen molar-refractivity contribution in [1.29, 1.82) is 0 Å². The van der Waals surface area contributed by atoms with E-state index in [-0.39, 0.29) is 0 Å². The summed E-state index contributed by atoms with van der Waals surface area (Å²) < 4.78 is 12.3. The van der Waals surface area contributed by atoms with Crippen molar-refractivity contribution in [2.75, 3.05) is 65.8 Å². The number of piperidine rings is 1. The van der Waals surface area contributed by atoms with E-state index < -0.39 is 0 Å². The number of aromatic amines is 7. The molecule has 20 aromatic rings. The third-order valence-corrected chi connectivity index (χ3v) is 21.0. The third kappa shape index (κ3) is 19.3. The van der Waals surface area contributed by atoms with E-state index in [0.717, 1.165) is 224 Å². The van der Waals surface area contributed by atoms with Gasteiger partial charge in [0.15, 0.2) is 0 Å². The molecule has 0 radical (unpaired) electrons. The van der Waals surface area contributed by atoms with E-state index in [2.05, 4.69) is 214 Å². The van der Waals surface area contributed by atoms with Crippen LogP contribution in [0.4, 0.5) is 52.1 Å². The first kappa shape index (κ1) is 81.7. The van der Waals surface area contributed by atoms with Crippen LogP contribution in [0.1, 0.15) is 63.7 Å². The lowest BCUT2D eigenvalue weighted by atomic mass is 10.0. The maximum Gasteiger partial charge on any atom is 0.142 e. The van der Waals surface area contributed by atoms with Crippen LogP contribution in [0.5, 0.6) is 11.5 Å². The summed E-state index contributed by atoms with van der Waals surface area (Å²) in [5.74, 6) is 7.41. The van der Waals surface area contributed by atoms with Gasteiger partial charge in [-0.15, -0.1) is 0 Å². The molecular formula is C91H93N31O2. The molecule has 1 aliphatic rings. The van der Waals surface area contributed by atoms with Gasteiger partial charge >= 0.3 is 0 Å². The molecule has 1 saturated heterocycles. The monoisotopic (exact) mass is 1650 g/mol. The molecule has 0 unspecified atom stereocenters. The van der Waals surface area contributed by atoms with Crippen LogP contribution in [0, 0.1) is 41.5 Å². The van der Waals surface area contributed by atoms with Crippen molar-refractivity contribution in [3.63, 3.8) is 0 Å². The van der Waals surface area contributed by atoms with E-state index >= 15 is 0 Å². The minimum absolute atomic E-state index is 0.476. The van der Waals surface area contributed by atoms with Crippen molar-refractivity contribution >= 4 is 128 Å². The SMILES string of the molecule is COc1ccc(CNc2nccc3n[nH]c(C)c23)c(OC)c1.Cc1[nH]nc2ccnc(N(C)Cc3ccccc3)c12.Cc1[nH]nc2ccnc(NC3CCN(Cc4ccccc4)CC3)c12.Cc1[nH]nc2ccnc(Nc3ccc(-n4cncn4)cc3)c12.Cc1[nH]nc2ccnc(Nc3ccc4cn[nH]c4c3)c12.Cc1[nH]nc2ccnc(Nc3ccccn3)c12. The van der Waals surface area contributed by atoms with Crippen LogP contribution in [-0.4, -0.2) is 166 Å². The Bertz CT molecular complexity index is 6870. The van der Waals surface area contributed by atoms with Crippen LogP contribution >= 0.6 is 0 Å². The van der Waals surface area contributed by atoms with Crippen molar-refractivity contribution in [1.82, 2.24) is 126 Å². The van der Waals surface area contributed by atoms with Gasteiger partial charge in [-0.2, -0.15) is 40.8 Å². The Balaban J connectivity index is 0.000000110. The first-order chi connectivity index (χ1) is 60.7. The molecule has 0 bridgehead atoms. The van der Waals surface area contributed by atoms with Crippen LogP contribution in [0.15, 0.2) is 238 Å². The van der Waals surface area contributed by atoms with Gasteiger partial charge in [-0.05, 0) is 169 Å². The summed E-state index contributed by atoms with van der Waals surface area (Å²) in [6, 6.07) is 58.4. The average molecular weight is 1650 g/mol. The molecule has 0 spiro atoms. The fraction of sp³-hybridized carbons (Fsp3) is 0.187. The number of hydrogen-bond donors (Lipinski definition) is 12. The number of likely N-dealkylation sites (tertiary alicyclic amines) is 1. The van der Waals surface area contributed by atoms with Gasteiger partial charge in [0.05, 0.1) is 97.0 Å². The average Bonchev–Trinajstić information content (AvgIpc) is 1.68. The molecule has 1 fully saturated rings. The molecule has 1 aliphatic heterocycles. The molecule has 33 heteroatoms. The highest BCUT2D eigenvalue weighted by Gasteiger charge is 2.22. The number of aryl methyl sites for hydroxylation is 6. The van der Waals surface area contributed by atoms with Gasteiger partial charge in [0.2, 0.25) is 0 Å². The topological polar surface area (TPSA) is 407 Å². The molecule has 21 rings (SSSR count). The van der Waals surface area contributed by atoms with Crippen LogP contribution in [-0.2, 0) is 19.6 Å². The predicted octanol–water partition coefficient (Wildman–Crippen LogP) is 17.0. The Hall–Kier alpha value is -16.1. The third-order valence-electron chi connectivity index (χ3n) is 21.0. The second-order valence-electron chi connectivity index (χ2n) is 29.6. The van der Waals surface area contributed by atoms with Crippen LogP contribution in [0.25, 0.3) is 82.0 Å². The summed E-state index contributed by atoms with van der Waals surface area (Å²) in [5.41, 5.74) is 19.2. The zero-order valence-corrected chi connectivity index (χ0v) is 69.9. The van der Waals surface area contributed by atoms with Crippen molar-refractivity contribution in [2.24, 2.45) is 0 Å². The van der Waals surface area contributed by atoms with Crippen molar-refractivity contribution in [2.45, 2.75) is 80.1 Å². The number of ether oxygens (including phenoxy) is 2. The first-order valence-electron chi connectivity index (χ1n) is 40.4. The molecule has 124 heavy (non-hydrogen) atoms. The van der Waals surface area contributed by atoms with Gasteiger partial charge in [-0.25, -0.2) is 44.6 Å². The normalized spacial score (nSPS) is 12.0. The lowest BCUT2D eigenvalue weighted by Gasteiger charge is -2.32. The lowest BCUT2D eigenvalue weighted by Crippen LogP contribution is -2.38. The molecule has 12 N–H and O–H groups in total. The Kier molecular flexibility index (Phi) is 25.3. The molecule has 0 amide bonds. The smallest absolute Gasteiger partial charge is 0.142 e. The predicted molar refractivity (Wildman–Crippen MR) is 487 cm³/mol. The first-order valence-corrected chi connectivity index (χ1v) is 40.4. The fourth-order valence-electron chi connectivity index (χ4n) is 14.7. The Morgan fingerprint density at radius 1 is 0.444 bits per heavy atom. The number of fused-ring (bicyclic) bond motifs is 7. The molecular weight excluding hydrogens is 1560 g/mol. The van der Waals surface area contributed by atoms with E-state index in [9.17, 15) is 0 Å². The van der Waals surface area contributed by atoms with Gasteiger partial charge in [-0.1, -0.05) is 66.7 Å². The summed E-state index contributed by atoms with van der Waals surface area (Å²) in [5, 5.41) is 78.7. The van der Waals surface area contributed by atoms with Gasteiger partial charge in [-0.3, -0.25) is 40.6 Å². The number of rotatable bonds is 19. The number of nitrogens with zero attached hydrogens (tertiary/aromatic N) is 19. The maximum absolute atomic E-state index is 5.41. The van der Waals surface area contributed by atoms with E-state index in [0.29, 0.717) is 12.6 Å². The van der Waals surface area contributed by atoms with E-state index in [1.807, 2.05) is 169 Å².